The van der Waals surface area contributed by atoms with Crippen LogP contribution in [-0.4, -0.2) is 21.5 Å². The van der Waals surface area contributed by atoms with E-state index in [1.165, 1.54) is 18.5 Å². The Morgan fingerprint density at radius 3 is 2.26 bits per heavy atom. The van der Waals surface area contributed by atoms with Gasteiger partial charge >= 0.3 is 12.4 Å². The molecule has 4 nitrogen and oxygen atoms in total. The number of rotatable bonds is 5. The van der Waals surface area contributed by atoms with Crippen molar-refractivity contribution < 1.29 is 30.7 Å². The molecule has 0 aliphatic carbocycles. The average Bonchev–Trinajstić information content (AvgIpc) is 3.43. The maximum Gasteiger partial charge on any atom is 0.416 e. The minimum Gasteiger partial charge on any atom is -0.368 e. The lowest BCUT2D eigenvalue weighted by Gasteiger charge is -2.13. The summed E-state index contributed by atoms with van der Waals surface area (Å²) in [6.07, 6.45) is -8.10. The number of hydrogen-bond donors (Lipinski definition) is 2. The second-order valence-electron chi connectivity index (χ2n) is 8.86. The molecule has 0 bridgehead atoms. The smallest absolute Gasteiger partial charge is 0.368 e. The van der Waals surface area contributed by atoms with E-state index in [-0.39, 0.29) is 22.3 Å². The van der Waals surface area contributed by atoms with Crippen molar-refractivity contribution in [1.29, 1.82) is 0 Å². The molecule has 0 fully saturated rings. The molecule has 3 heterocycles. The minimum atomic E-state index is -4.94. The van der Waals surface area contributed by atoms with Crippen molar-refractivity contribution in [3.05, 3.63) is 76.5 Å². The quantitative estimate of drug-likeness (QED) is 0.216. The second kappa shape index (κ2) is 9.26. The number of aromatic nitrogens is 3. The fourth-order valence-corrected chi connectivity index (χ4v) is 5.55. The van der Waals surface area contributed by atoms with Gasteiger partial charge in [0.15, 0.2) is 0 Å². The number of fused-ring (bicyclic) bond motifs is 2. The zero-order chi connectivity index (χ0) is 27.4. The van der Waals surface area contributed by atoms with Crippen LogP contribution in [0, 0.1) is 19.7 Å². The molecule has 0 radical (unpaired) electrons. The number of aromatic amines is 1. The van der Waals surface area contributed by atoms with Gasteiger partial charge in [0.05, 0.1) is 26.9 Å². The Hall–Kier alpha value is -3.67. The SMILES string of the molecule is Cc1[nH]c2c(F)ccc(C)c2c1CCNc1ncnc2cc(-c3cc(C(F)(F)F)cc(C(F)(F)F)c3)sc12. The highest BCUT2D eigenvalue weighted by Crippen LogP contribution is 2.42. The standard InChI is InChI=1S/C26H19F7N4S/c1-12-3-4-18(27)22-21(12)17(13(2)37-22)5-6-34-24-23-19(35-11-36-24)10-20(38-23)14-7-15(25(28,29)30)9-16(8-14)26(31,32)33/h3-4,7-11,37H,5-6H2,1-2H3,(H,34,35,36). The lowest BCUT2D eigenvalue weighted by atomic mass is 10.0. The van der Waals surface area contributed by atoms with Crippen LogP contribution in [0.2, 0.25) is 0 Å². The summed E-state index contributed by atoms with van der Waals surface area (Å²) in [5, 5.41) is 3.99. The van der Waals surface area contributed by atoms with E-state index in [9.17, 15) is 30.7 Å². The Bertz CT molecular complexity index is 1630. The van der Waals surface area contributed by atoms with Gasteiger partial charge in [-0.3, -0.25) is 0 Å². The van der Waals surface area contributed by atoms with Gasteiger partial charge in [-0.05, 0) is 67.3 Å². The number of anilines is 1. The van der Waals surface area contributed by atoms with Crippen LogP contribution in [0.1, 0.15) is 27.9 Å². The summed E-state index contributed by atoms with van der Waals surface area (Å²) >= 11 is 0.996. The summed E-state index contributed by atoms with van der Waals surface area (Å²) in [6.45, 7) is 4.14. The summed E-state index contributed by atoms with van der Waals surface area (Å²) in [5.41, 5.74) is 0.519. The Morgan fingerprint density at radius 1 is 0.921 bits per heavy atom. The third-order valence-electron chi connectivity index (χ3n) is 6.28. The third-order valence-corrected chi connectivity index (χ3v) is 7.46. The maximum absolute atomic E-state index is 14.3. The largest absolute Gasteiger partial charge is 0.416 e. The van der Waals surface area contributed by atoms with Crippen molar-refractivity contribution in [1.82, 2.24) is 15.0 Å². The van der Waals surface area contributed by atoms with Gasteiger partial charge in [0.2, 0.25) is 0 Å². The van der Waals surface area contributed by atoms with Gasteiger partial charge in [-0.15, -0.1) is 11.3 Å². The number of H-pyrrole nitrogens is 1. The molecule has 3 aromatic heterocycles. The van der Waals surface area contributed by atoms with E-state index in [0.717, 1.165) is 33.5 Å². The van der Waals surface area contributed by atoms with Gasteiger partial charge in [-0.2, -0.15) is 26.3 Å². The average molecular weight is 553 g/mol. The van der Waals surface area contributed by atoms with Crippen LogP contribution in [-0.2, 0) is 18.8 Å². The number of alkyl halides is 6. The van der Waals surface area contributed by atoms with Gasteiger partial charge in [0.25, 0.3) is 0 Å². The summed E-state index contributed by atoms with van der Waals surface area (Å²) in [6, 6.07) is 6.05. The molecule has 2 N–H and O–H groups in total. The molecule has 0 amide bonds. The van der Waals surface area contributed by atoms with Crippen LogP contribution in [0.4, 0.5) is 36.6 Å². The van der Waals surface area contributed by atoms with Crippen LogP contribution in [0.3, 0.4) is 0 Å². The maximum atomic E-state index is 14.3. The topological polar surface area (TPSA) is 53.6 Å². The highest BCUT2D eigenvalue weighted by Gasteiger charge is 2.37. The number of nitrogens with zero attached hydrogens (tertiary/aromatic N) is 2. The van der Waals surface area contributed by atoms with Crippen molar-refractivity contribution in [2.75, 3.05) is 11.9 Å². The van der Waals surface area contributed by atoms with Crippen molar-refractivity contribution >= 4 is 38.3 Å². The first-order valence-corrected chi connectivity index (χ1v) is 12.2. The minimum absolute atomic E-state index is 0.101. The molecule has 0 atom stereocenters. The number of halogens is 7. The van der Waals surface area contributed by atoms with Gasteiger partial charge in [0, 0.05) is 22.5 Å². The number of nitrogens with one attached hydrogen (secondary N) is 2. The van der Waals surface area contributed by atoms with E-state index in [0.29, 0.717) is 46.6 Å². The Morgan fingerprint density at radius 2 is 1.61 bits per heavy atom. The number of thiophene rings is 1. The molecule has 198 valence electrons. The highest BCUT2D eigenvalue weighted by atomic mass is 32.1. The first-order valence-electron chi connectivity index (χ1n) is 11.4. The van der Waals surface area contributed by atoms with Gasteiger partial charge < -0.3 is 10.3 Å². The van der Waals surface area contributed by atoms with E-state index >= 15 is 0 Å². The molecule has 38 heavy (non-hydrogen) atoms. The zero-order valence-electron chi connectivity index (χ0n) is 19.9. The van der Waals surface area contributed by atoms with E-state index in [4.69, 9.17) is 0 Å². The van der Waals surface area contributed by atoms with E-state index < -0.39 is 23.5 Å². The van der Waals surface area contributed by atoms with Gasteiger partial charge in [0.1, 0.15) is 18.0 Å². The molecular weight excluding hydrogens is 533 g/mol. The lowest BCUT2D eigenvalue weighted by Crippen LogP contribution is -2.10. The first-order chi connectivity index (χ1) is 17.8. The van der Waals surface area contributed by atoms with Crippen molar-refractivity contribution in [3.63, 3.8) is 0 Å². The number of aryl methyl sites for hydroxylation is 2. The Balaban J connectivity index is 1.46. The molecule has 0 unspecified atom stereocenters. The number of hydrogen-bond acceptors (Lipinski definition) is 4. The van der Waals surface area contributed by atoms with Crippen LogP contribution < -0.4 is 5.32 Å². The van der Waals surface area contributed by atoms with Crippen molar-refractivity contribution in [2.45, 2.75) is 32.6 Å². The molecule has 0 spiro atoms. The molecule has 0 aliphatic heterocycles. The van der Waals surface area contributed by atoms with Crippen molar-refractivity contribution in [2.24, 2.45) is 0 Å². The van der Waals surface area contributed by atoms with E-state index in [2.05, 4.69) is 20.3 Å². The molecule has 5 aromatic rings. The van der Waals surface area contributed by atoms with Gasteiger partial charge in [-0.25, -0.2) is 14.4 Å². The lowest BCUT2D eigenvalue weighted by molar-refractivity contribution is -0.143. The van der Waals surface area contributed by atoms with Gasteiger partial charge in [-0.1, -0.05) is 6.07 Å². The summed E-state index contributed by atoms with van der Waals surface area (Å²) in [7, 11) is 0. The molecule has 2 aromatic carbocycles. The van der Waals surface area contributed by atoms with Crippen LogP contribution in [0.15, 0.2) is 42.7 Å². The normalized spacial score (nSPS) is 12.6. The molecule has 5 rings (SSSR count). The summed E-state index contributed by atoms with van der Waals surface area (Å²) in [5.74, 6) is 0.0504. The third kappa shape index (κ3) is 4.80. The van der Waals surface area contributed by atoms with E-state index in [1.807, 2.05) is 13.8 Å². The molecule has 0 saturated carbocycles. The van der Waals surface area contributed by atoms with E-state index in [1.54, 1.807) is 6.07 Å². The second-order valence-corrected chi connectivity index (χ2v) is 9.91. The Kier molecular flexibility index (Phi) is 6.33. The van der Waals surface area contributed by atoms with Crippen LogP contribution >= 0.6 is 11.3 Å². The predicted molar refractivity (Wildman–Crippen MR) is 133 cm³/mol. The highest BCUT2D eigenvalue weighted by molar-refractivity contribution is 7.22. The Labute approximate surface area is 215 Å². The molecule has 0 aliphatic rings. The molecule has 0 saturated heterocycles. The molecular formula is C26H19F7N4S. The monoisotopic (exact) mass is 552 g/mol. The summed E-state index contributed by atoms with van der Waals surface area (Å²) < 4.78 is 94.7. The zero-order valence-corrected chi connectivity index (χ0v) is 20.7. The van der Waals surface area contributed by atoms with Crippen LogP contribution in [0.5, 0.6) is 0 Å². The molecule has 12 heteroatoms. The number of benzene rings is 2. The van der Waals surface area contributed by atoms with Crippen molar-refractivity contribution in [3.8, 4) is 10.4 Å². The summed E-state index contributed by atoms with van der Waals surface area (Å²) in [4.78, 5) is 11.6. The predicted octanol–water partition coefficient (Wildman–Crippen LogP) is 8.29. The fraction of sp³-hybridized carbons (Fsp3) is 0.231. The fourth-order valence-electron chi connectivity index (χ4n) is 4.48. The van der Waals surface area contributed by atoms with Crippen LogP contribution in [0.25, 0.3) is 31.6 Å². The first kappa shape index (κ1) is 26.0.